The molecule has 0 aromatic heterocycles. The van der Waals surface area contributed by atoms with Crippen LogP contribution >= 0.6 is 0 Å². The minimum Gasteiger partial charge on any atom is -0.384 e. The Kier molecular flexibility index (Phi) is 4.01. The first kappa shape index (κ1) is 13.2. The average molecular weight is 250 g/mol. The summed E-state index contributed by atoms with van der Waals surface area (Å²) in [4.78, 5) is 0. The molecule has 4 unspecified atom stereocenters. The maximum Gasteiger partial charge on any atom is 0.414 e. The van der Waals surface area contributed by atoms with Gasteiger partial charge in [-0.3, -0.25) is 0 Å². The van der Waals surface area contributed by atoms with Crippen LogP contribution < -0.4 is 0 Å². The molecule has 4 atom stereocenters. The van der Waals surface area contributed by atoms with Gasteiger partial charge in [0, 0.05) is 0 Å². The molecule has 0 bridgehead atoms. The SMILES string of the molecule is OC(CC1CCCC2CCCCC21)C(F)(F)F. The van der Waals surface area contributed by atoms with Crippen LogP contribution in [-0.2, 0) is 0 Å². The van der Waals surface area contributed by atoms with E-state index in [4.69, 9.17) is 0 Å². The van der Waals surface area contributed by atoms with Crippen LogP contribution in [0.1, 0.15) is 51.4 Å². The van der Waals surface area contributed by atoms with Gasteiger partial charge in [0.1, 0.15) is 6.10 Å². The van der Waals surface area contributed by atoms with Crippen molar-refractivity contribution in [3.8, 4) is 0 Å². The Morgan fingerprint density at radius 1 is 1.00 bits per heavy atom. The lowest BCUT2D eigenvalue weighted by Crippen LogP contribution is -2.37. The average Bonchev–Trinajstić information content (AvgIpc) is 2.28. The maximum atomic E-state index is 12.4. The number of hydrogen-bond donors (Lipinski definition) is 1. The van der Waals surface area contributed by atoms with Crippen molar-refractivity contribution in [1.82, 2.24) is 0 Å². The third-order valence-electron chi connectivity index (χ3n) is 4.63. The molecule has 0 saturated heterocycles. The second kappa shape index (κ2) is 5.17. The van der Waals surface area contributed by atoms with E-state index in [1.165, 1.54) is 19.3 Å². The van der Waals surface area contributed by atoms with Crippen molar-refractivity contribution in [2.75, 3.05) is 0 Å². The highest BCUT2D eigenvalue weighted by molar-refractivity contribution is 4.87. The molecule has 2 fully saturated rings. The van der Waals surface area contributed by atoms with E-state index in [1.807, 2.05) is 0 Å². The van der Waals surface area contributed by atoms with Gasteiger partial charge < -0.3 is 5.11 Å². The fourth-order valence-electron chi connectivity index (χ4n) is 3.78. The summed E-state index contributed by atoms with van der Waals surface area (Å²) in [5.74, 6) is 1.16. The van der Waals surface area contributed by atoms with Crippen molar-refractivity contribution in [3.63, 3.8) is 0 Å². The van der Waals surface area contributed by atoms with Gasteiger partial charge in [0.2, 0.25) is 0 Å². The molecule has 17 heavy (non-hydrogen) atoms. The van der Waals surface area contributed by atoms with Crippen molar-refractivity contribution in [3.05, 3.63) is 0 Å². The molecule has 0 aromatic rings. The molecule has 1 nitrogen and oxygen atoms in total. The van der Waals surface area contributed by atoms with Crippen molar-refractivity contribution in [1.29, 1.82) is 0 Å². The Labute approximate surface area is 100 Å². The second-order valence-corrected chi connectivity index (χ2v) is 5.69. The molecule has 2 rings (SSSR count). The maximum absolute atomic E-state index is 12.4. The van der Waals surface area contributed by atoms with Gasteiger partial charge in [0.25, 0.3) is 0 Å². The van der Waals surface area contributed by atoms with E-state index in [9.17, 15) is 18.3 Å². The van der Waals surface area contributed by atoms with E-state index in [0.717, 1.165) is 25.7 Å². The highest BCUT2D eigenvalue weighted by Gasteiger charge is 2.43. The van der Waals surface area contributed by atoms with Crippen molar-refractivity contribution in [2.45, 2.75) is 63.6 Å². The van der Waals surface area contributed by atoms with Crippen LogP contribution in [0.15, 0.2) is 0 Å². The highest BCUT2D eigenvalue weighted by atomic mass is 19.4. The van der Waals surface area contributed by atoms with Crippen molar-refractivity contribution >= 4 is 0 Å². The highest BCUT2D eigenvalue weighted by Crippen LogP contribution is 2.46. The van der Waals surface area contributed by atoms with Crippen LogP contribution in [0.2, 0.25) is 0 Å². The number of alkyl halides is 3. The summed E-state index contributed by atoms with van der Waals surface area (Å²) in [5, 5.41) is 9.20. The Morgan fingerprint density at radius 2 is 1.65 bits per heavy atom. The molecular formula is C13H21F3O. The molecule has 0 heterocycles. The smallest absolute Gasteiger partial charge is 0.384 e. The molecule has 0 radical (unpaired) electrons. The standard InChI is InChI=1S/C13H21F3O/c14-13(15,16)12(17)8-10-6-3-5-9-4-1-2-7-11(9)10/h9-12,17H,1-8H2. The van der Waals surface area contributed by atoms with E-state index in [1.54, 1.807) is 0 Å². The topological polar surface area (TPSA) is 20.2 Å². The quantitative estimate of drug-likeness (QED) is 0.788. The lowest BCUT2D eigenvalue weighted by Gasteiger charge is -2.42. The number of fused-ring (bicyclic) bond motifs is 1. The molecule has 4 heteroatoms. The molecule has 2 saturated carbocycles. The van der Waals surface area contributed by atoms with Gasteiger partial charge in [-0.25, -0.2) is 0 Å². The number of rotatable bonds is 2. The minimum absolute atomic E-state index is 0.0787. The predicted octanol–water partition coefficient (Wildman–Crippen LogP) is 3.91. The lowest BCUT2D eigenvalue weighted by molar-refractivity contribution is -0.211. The molecule has 1 N–H and O–H groups in total. The van der Waals surface area contributed by atoms with Crippen LogP contribution in [0.3, 0.4) is 0 Å². The zero-order valence-corrected chi connectivity index (χ0v) is 10.0. The van der Waals surface area contributed by atoms with Crippen molar-refractivity contribution in [2.24, 2.45) is 17.8 Å². The van der Waals surface area contributed by atoms with Crippen LogP contribution in [0.5, 0.6) is 0 Å². The second-order valence-electron chi connectivity index (χ2n) is 5.69. The first-order chi connectivity index (χ1) is 7.98. The summed E-state index contributed by atoms with van der Waals surface area (Å²) >= 11 is 0. The third-order valence-corrected chi connectivity index (χ3v) is 4.63. The first-order valence-electron chi connectivity index (χ1n) is 6.73. The zero-order chi connectivity index (χ0) is 12.5. The summed E-state index contributed by atoms with van der Waals surface area (Å²) in [7, 11) is 0. The summed E-state index contributed by atoms with van der Waals surface area (Å²) in [5.41, 5.74) is 0. The Hall–Kier alpha value is -0.250. The van der Waals surface area contributed by atoms with E-state index in [2.05, 4.69) is 0 Å². The zero-order valence-electron chi connectivity index (χ0n) is 10.0. The fourth-order valence-corrected chi connectivity index (χ4v) is 3.78. The van der Waals surface area contributed by atoms with Gasteiger partial charge in [-0.15, -0.1) is 0 Å². The number of aliphatic hydroxyl groups excluding tert-OH is 1. The molecule has 0 aromatic carbocycles. The fraction of sp³-hybridized carbons (Fsp3) is 1.00. The summed E-state index contributed by atoms with van der Waals surface area (Å²) in [6.45, 7) is 0. The normalized spacial score (nSPS) is 36.4. The Morgan fingerprint density at radius 3 is 2.35 bits per heavy atom. The predicted molar refractivity (Wildman–Crippen MR) is 59.5 cm³/mol. The summed E-state index contributed by atoms with van der Waals surface area (Å²) in [6, 6.07) is 0. The monoisotopic (exact) mass is 250 g/mol. The molecule has 0 amide bonds. The third kappa shape index (κ3) is 3.15. The van der Waals surface area contributed by atoms with Gasteiger partial charge >= 0.3 is 6.18 Å². The Bertz CT molecular complexity index is 250. The molecule has 0 aliphatic heterocycles. The van der Waals surface area contributed by atoms with Crippen LogP contribution in [0.25, 0.3) is 0 Å². The summed E-state index contributed by atoms with van der Waals surface area (Å²) < 4.78 is 37.1. The molecule has 2 aliphatic carbocycles. The number of aliphatic hydroxyl groups is 1. The van der Waals surface area contributed by atoms with E-state index >= 15 is 0 Å². The van der Waals surface area contributed by atoms with Gasteiger partial charge in [0.05, 0.1) is 0 Å². The molecule has 100 valence electrons. The van der Waals surface area contributed by atoms with Crippen LogP contribution in [0.4, 0.5) is 13.2 Å². The number of hydrogen-bond acceptors (Lipinski definition) is 1. The largest absolute Gasteiger partial charge is 0.414 e. The van der Waals surface area contributed by atoms with Gasteiger partial charge in [0.15, 0.2) is 0 Å². The molecule has 0 spiro atoms. The van der Waals surface area contributed by atoms with Crippen molar-refractivity contribution < 1.29 is 18.3 Å². The molecular weight excluding hydrogens is 229 g/mol. The van der Waals surface area contributed by atoms with E-state index < -0.39 is 12.3 Å². The van der Waals surface area contributed by atoms with Gasteiger partial charge in [-0.05, 0) is 30.6 Å². The van der Waals surface area contributed by atoms with E-state index in [0.29, 0.717) is 11.8 Å². The van der Waals surface area contributed by atoms with Gasteiger partial charge in [-0.1, -0.05) is 38.5 Å². The van der Waals surface area contributed by atoms with Crippen LogP contribution in [-0.4, -0.2) is 17.4 Å². The first-order valence-corrected chi connectivity index (χ1v) is 6.73. The van der Waals surface area contributed by atoms with Gasteiger partial charge in [-0.2, -0.15) is 13.2 Å². The van der Waals surface area contributed by atoms with Crippen LogP contribution in [0, 0.1) is 17.8 Å². The Balaban J connectivity index is 1.95. The summed E-state index contributed by atoms with van der Waals surface area (Å²) in [6.07, 6.45) is 1.09. The van der Waals surface area contributed by atoms with E-state index in [-0.39, 0.29) is 12.3 Å². The molecule has 2 aliphatic rings. The lowest BCUT2D eigenvalue weighted by atomic mass is 9.64. The minimum atomic E-state index is -4.44. The number of halogens is 3.